The molecule has 3 rings (SSSR count). The van der Waals surface area contributed by atoms with E-state index in [1.54, 1.807) is 24.3 Å². The number of benzene rings is 2. The molecule has 1 saturated heterocycles. The summed E-state index contributed by atoms with van der Waals surface area (Å²) in [5, 5.41) is 3.01. The second-order valence-corrected chi connectivity index (χ2v) is 7.24. The Morgan fingerprint density at radius 2 is 1.70 bits per heavy atom. The van der Waals surface area contributed by atoms with Gasteiger partial charge in [0.1, 0.15) is 0 Å². The molecular formula is C23H28N2O2. The second kappa shape index (κ2) is 8.85. The molecular weight excluding hydrogens is 336 g/mol. The number of rotatable bonds is 5. The van der Waals surface area contributed by atoms with Crippen molar-refractivity contribution in [2.45, 2.75) is 51.6 Å². The van der Waals surface area contributed by atoms with Crippen LogP contribution in [-0.2, 0) is 0 Å². The van der Waals surface area contributed by atoms with Gasteiger partial charge in [0.25, 0.3) is 11.8 Å². The van der Waals surface area contributed by atoms with Gasteiger partial charge in [-0.1, -0.05) is 37.3 Å². The smallest absolute Gasteiger partial charge is 0.254 e. The van der Waals surface area contributed by atoms with Crippen molar-refractivity contribution in [3.63, 3.8) is 0 Å². The summed E-state index contributed by atoms with van der Waals surface area (Å²) >= 11 is 0. The molecule has 4 nitrogen and oxygen atoms in total. The molecule has 1 aliphatic heterocycles. The Labute approximate surface area is 161 Å². The SMILES string of the molecule is CCC1CCCCN1C(=O)c1ccc(C(=O)NC(C)c2ccccc2)cc1. The zero-order chi connectivity index (χ0) is 19.2. The van der Waals surface area contributed by atoms with Crippen LogP contribution in [0.3, 0.4) is 0 Å². The Bertz CT molecular complexity index is 771. The van der Waals surface area contributed by atoms with Gasteiger partial charge >= 0.3 is 0 Å². The van der Waals surface area contributed by atoms with Crippen molar-refractivity contribution in [1.82, 2.24) is 10.2 Å². The summed E-state index contributed by atoms with van der Waals surface area (Å²) in [6.07, 6.45) is 4.34. The Morgan fingerprint density at radius 3 is 2.37 bits per heavy atom. The number of nitrogens with zero attached hydrogens (tertiary/aromatic N) is 1. The van der Waals surface area contributed by atoms with Crippen LogP contribution in [0, 0.1) is 0 Å². The Hall–Kier alpha value is -2.62. The highest BCUT2D eigenvalue weighted by atomic mass is 16.2. The molecule has 4 heteroatoms. The molecule has 142 valence electrons. The quantitative estimate of drug-likeness (QED) is 0.844. The average Bonchev–Trinajstić information content (AvgIpc) is 2.73. The molecule has 0 bridgehead atoms. The summed E-state index contributed by atoms with van der Waals surface area (Å²) in [7, 11) is 0. The van der Waals surface area contributed by atoms with Gasteiger partial charge < -0.3 is 10.2 Å². The van der Waals surface area contributed by atoms with Gasteiger partial charge in [0, 0.05) is 23.7 Å². The van der Waals surface area contributed by atoms with Crippen molar-refractivity contribution < 1.29 is 9.59 Å². The molecule has 0 spiro atoms. The van der Waals surface area contributed by atoms with Crippen LogP contribution in [-0.4, -0.2) is 29.3 Å². The zero-order valence-corrected chi connectivity index (χ0v) is 16.2. The molecule has 0 aromatic heterocycles. The van der Waals surface area contributed by atoms with Crippen LogP contribution in [0.25, 0.3) is 0 Å². The van der Waals surface area contributed by atoms with E-state index in [1.165, 1.54) is 6.42 Å². The van der Waals surface area contributed by atoms with Crippen molar-refractivity contribution in [3.8, 4) is 0 Å². The largest absolute Gasteiger partial charge is 0.346 e. The van der Waals surface area contributed by atoms with E-state index < -0.39 is 0 Å². The minimum Gasteiger partial charge on any atom is -0.346 e. The van der Waals surface area contributed by atoms with Crippen molar-refractivity contribution in [2.24, 2.45) is 0 Å². The number of amides is 2. The molecule has 0 radical (unpaired) electrons. The topological polar surface area (TPSA) is 49.4 Å². The normalized spacial score (nSPS) is 18.0. The van der Waals surface area contributed by atoms with E-state index in [1.807, 2.05) is 42.2 Å². The first-order valence-electron chi connectivity index (χ1n) is 9.87. The lowest BCUT2D eigenvalue weighted by molar-refractivity contribution is 0.0607. The molecule has 0 saturated carbocycles. The Morgan fingerprint density at radius 1 is 1.04 bits per heavy atom. The summed E-state index contributed by atoms with van der Waals surface area (Å²) in [4.78, 5) is 27.3. The number of likely N-dealkylation sites (tertiary alicyclic amines) is 1. The molecule has 2 amide bonds. The lowest BCUT2D eigenvalue weighted by Gasteiger charge is -2.35. The molecule has 1 heterocycles. The van der Waals surface area contributed by atoms with Gasteiger partial charge in [0.05, 0.1) is 6.04 Å². The summed E-state index contributed by atoms with van der Waals surface area (Å²) in [6, 6.07) is 17.2. The maximum absolute atomic E-state index is 12.8. The summed E-state index contributed by atoms with van der Waals surface area (Å²) in [6.45, 7) is 4.93. The molecule has 2 aromatic rings. The van der Waals surface area contributed by atoms with E-state index in [9.17, 15) is 9.59 Å². The molecule has 1 aliphatic rings. The van der Waals surface area contributed by atoms with Gasteiger partial charge in [0.15, 0.2) is 0 Å². The minimum absolute atomic E-state index is 0.0707. The first-order chi connectivity index (χ1) is 13.1. The second-order valence-electron chi connectivity index (χ2n) is 7.24. The van der Waals surface area contributed by atoms with Crippen LogP contribution in [0.15, 0.2) is 54.6 Å². The van der Waals surface area contributed by atoms with Crippen LogP contribution >= 0.6 is 0 Å². The number of nitrogens with one attached hydrogen (secondary N) is 1. The molecule has 2 aromatic carbocycles. The van der Waals surface area contributed by atoms with Crippen molar-refractivity contribution >= 4 is 11.8 Å². The number of piperidine rings is 1. The average molecular weight is 364 g/mol. The zero-order valence-electron chi connectivity index (χ0n) is 16.2. The maximum Gasteiger partial charge on any atom is 0.254 e. The third-order valence-electron chi connectivity index (χ3n) is 5.40. The van der Waals surface area contributed by atoms with E-state index in [0.29, 0.717) is 17.2 Å². The highest BCUT2D eigenvalue weighted by molar-refractivity contribution is 5.98. The maximum atomic E-state index is 12.8. The van der Waals surface area contributed by atoms with Gasteiger partial charge in [-0.25, -0.2) is 0 Å². The van der Waals surface area contributed by atoms with Crippen molar-refractivity contribution in [2.75, 3.05) is 6.54 Å². The van der Waals surface area contributed by atoms with Gasteiger partial charge in [-0.05, 0) is 62.4 Å². The third-order valence-corrected chi connectivity index (χ3v) is 5.40. The molecule has 27 heavy (non-hydrogen) atoms. The number of carbonyl (C=O) groups is 2. The van der Waals surface area contributed by atoms with Gasteiger partial charge in [-0.3, -0.25) is 9.59 Å². The lowest BCUT2D eigenvalue weighted by Crippen LogP contribution is -2.43. The van der Waals surface area contributed by atoms with Crippen LogP contribution in [0.4, 0.5) is 0 Å². The van der Waals surface area contributed by atoms with Gasteiger partial charge in [-0.15, -0.1) is 0 Å². The minimum atomic E-state index is -0.130. The highest BCUT2D eigenvalue weighted by Gasteiger charge is 2.26. The first kappa shape index (κ1) is 19.2. The van der Waals surface area contributed by atoms with E-state index in [2.05, 4.69) is 12.2 Å². The van der Waals surface area contributed by atoms with Crippen LogP contribution in [0.5, 0.6) is 0 Å². The fourth-order valence-electron chi connectivity index (χ4n) is 3.73. The lowest BCUT2D eigenvalue weighted by atomic mass is 9.98. The van der Waals surface area contributed by atoms with E-state index in [4.69, 9.17) is 0 Å². The van der Waals surface area contributed by atoms with Gasteiger partial charge in [-0.2, -0.15) is 0 Å². The predicted octanol–water partition coefficient (Wildman–Crippen LogP) is 4.58. The first-order valence-corrected chi connectivity index (χ1v) is 9.87. The Balaban J connectivity index is 1.65. The monoisotopic (exact) mass is 364 g/mol. The molecule has 2 atom stereocenters. The molecule has 2 unspecified atom stereocenters. The summed E-state index contributed by atoms with van der Waals surface area (Å²) < 4.78 is 0. The predicted molar refractivity (Wildman–Crippen MR) is 108 cm³/mol. The van der Waals surface area contributed by atoms with Crippen molar-refractivity contribution in [1.29, 1.82) is 0 Å². The highest BCUT2D eigenvalue weighted by Crippen LogP contribution is 2.22. The Kier molecular flexibility index (Phi) is 6.28. The number of carbonyl (C=O) groups excluding carboxylic acids is 2. The number of hydrogen-bond acceptors (Lipinski definition) is 2. The summed E-state index contributed by atoms with van der Waals surface area (Å²) in [5.41, 5.74) is 2.29. The van der Waals surface area contributed by atoms with Crippen LogP contribution in [0.1, 0.15) is 71.9 Å². The van der Waals surface area contributed by atoms with Crippen LogP contribution in [0.2, 0.25) is 0 Å². The standard InChI is InChI=1S/C23H28N2O2/c1-3-21-11-7-8-16-25(21)23(27)20-14-12-19(13-15-20)22(26)24-17(2)18-9-5-4-6-10-18/h4-6,9-10,12-15,17,21H,3,7-8,11,16H2,1-2H3,(H,24,26). The third kappa shape index (κ3) is 4.57. The molecule has 1 N–H and O–H groups in total. The molecule has 1 fully saturated rings. The van der Waals surface area contributed by atoms with E-state index in [-0.39, 0.29) is 17.9 Å². The fourth-order valence-corrected chi connectivity index (χ4v) is 3.73. The van der Waals surface area contributed by atoms with E-state index in [0.717, 1.165) is 31.4 Å². The van der Waals surface area contributed by atoms with Crippen molar-refractivity contribution in [3.05, 3.63) is 71.3 Å². The number of hydrogen-bond donors (Lipinski definition) is 1. The summed E-state index contributed by atoms with van der Waals surface area (Å²) in [5.74, 6) is -0.0547. The van der Waals surface area contributed by atoms with E-state index >= 15 is 0 Å². The van der Waals surface area contributed by atoms with Gasteiger partial charge in [0.2, 0.25) is 0 Å². The fraction of sp³-hybridized carbons (Fsp3) is 0.391. The molecule has 0 aliphatic carbocycles. The van der Waals surface area contributed by atoms with Crippen LogP contribution < -0.4 is 5.32 Å².